The summed E-state index contributed by atoms with van der Waals surface area (Å²) in [5.74, 6) is -2.64. The van der Waals surface area contributed by atoms with Crippen LogP contribution in [0.4, 0.5) is 0 Å². The van der Waals surface area contributed by atoms with Gasteiger partial charge in [-0.05, 0) is 56.7 Å². The molecule has 35 heavy (non-hydrogen) atoms. The normalized spacial score (nSPS) is 22.2. The number of likely N-dealkylation sites (N-methyl/N-ethyl adjacent to an activating group) is 1. The summed E-state index contributed by atoms with van der Waals surface area (Å²) in [5, 5.41) is 32.0. The number of β-lactam (4-membered cyclic amide) rings is 1. The number of aliphatic carboxylic acids is 1. The van der Waals surface area contributed by atoms with Gasteiger partial charge in [0, 0.05) is 31.0 Å². The summed E-state index contributed by atoms with van der Waals surface area (Å²) in [6, 6.07) is 4.20. The lowest BCUT2D eigenvalue weighted by atomic mass is 9.77. The van der Waals surface area contributed by atoms with Crippen molar-refractivity contribution in [2.24, 2.45) is 11.8 Å². The first-order valence-electron chi connectivity index (χ1n) is 11.7. The third-order valence-corrected chi connectivity index (χ3v) is 6.78. The fourth-order valence-electron chi connectivity index (χ4n) is 4.97. The van der Waals surface area contributed by atoms with Crippen molar-refractivity contribution in [2.75, 3.05) is 26.7 Å². The number of nitrogens with one attached hydrogen (secondary N) is 1. The van der Waals surface area contributed by atoms with E-state index in [1.165, 1.54) is 24.0 Å². The van der Waals surface area contributed by atoms with Gasteiger partial charge in [-0.15, -0.1) is 0 Å². The zero-order valence-electron chi connectivity index (χ0n) is 20.4. The number of benzene rings is 1. The van der Waals surface area contributed by atoms with Gasteiger partial charge in [0.2, 0.25) is 5.91 Å². The molecule has 1 fully saturated rings. The van der Waals surface area contributed by atoms with E-state index < -0.39 is 18.0 Å². The third-order valence-electron chi connectivity index (χ3n) is 6.78. The van der Waals surface area contributed by atoms with Crippen molar-refractivity contribution in [1.82, 2.24) is 15.1 Å². The molecule has 190 valence electrons. The van der Waals surface area contributed by atoms with Crippen molar-refractivity contribution in [3.63, 3.8) is 0 Å². The minimum atomic E-state index is -1.19. The number of carboxylic acid groups (broad SMARTS) is 1. The Morgan fingerprint density at radius 3 is 2.54 bits per heavy atom. The molecular weight excluding hydrogens is 454 g/mol. The molecule has 0 aromatic heterocycles. The van der Waals surface area contributed by atoms with Crippen LogP contribution in [0.25, 0.3) is 0 Å². The smallest absolute Gasteiger partial charge is 0.352 e. The van der Waals surface area contributed by atoms with Gasteiger partial charge in [-0.2, -0.15) is 0 Å². The molecule has 10 heteroatoms. The van der Waals surface area contributed by atoms with Crippen LogP contribution < -0.4 is 5.32 Å². The maximum atomic E-state index is 12.4. The number of phenols is 1. The molecule has 0 saturated carbocycles. The number of nitrogens with zero attached hydrogens (tertiary/aromatic N) is 2. The van der Waals surface area contributed by atoms with Crippen LogP contribution >= 0.6 is 0 Å². The zero-order chi connectivity index (χ0) is 26.0. The Morgan fingerprint density at radius 1 is 1.26 bits per heavy atom. The Bertz CT molecular complexity index is 1070. The molecule has 4 atom stereocenters. The van der Waals surface area contributed by atoms with Crippen LogP contribution in [-0.4, -0.2) is 87.5 Å². The van der Waals surface area contributed by atoms with E-state index in [4.69, 9.17) is 0 Å². The van der Waals surface area contributed by atoms with Crippen LogP contribution in [0.5, 0.6) is 5.75 Å². The number of hydrogen-bond donors (Lipinski definition) is 4. The maximum Gasteiger partial charge on any atom is 0.352 e. The van der Waals surface area contributed by atoms with Crippen molar-refractivity contribution < 1.29 is 34.5 Å². The molecule has 1 aromatic rings. The SMILES string of the molecule is Cc1cc(C(=O)NCCCC(=O)CN(C)CC2=C(C(=O)O)N3C(=O)[C@H]([C@@H](C)O)[C@H]3[C@H]2C)ccc1O. The quantitative estimate of drug-likeness (QED) is 0.266. The van der Waals surface area contributed by atoms with E-state index >= 15 is 0 Å². The van der Waals surface area contributed by atoms with E-state index in [0.717, 1.165) is 0 Å². The van der Waals surface area contributed by atoms with Gasteiger partial charge >= 0.3 is 5.97 Å². The summed E-state index contributed by atoms with van der Waals surface area (Å²) >= 11 is 0. The first-order valence-corrected chi connectivity index (χ1v) is 11.7. The number of fused-ring (bicyclic) bond motifs is 1. The predicted octanol–water partition coefficient (Wildman–Crippen LogP) is 0.908. The number of aromatic hydroxyl groups is 1. The summed E-state index contributed by atoms with van der Waals surface area (Å²) in [4.78, 5) is 52.0. The van der Waals surface area contributed by atoms with Crippen molar-refractivity contribution in [2.45, 2.75) is 45.8 Å². The van der Waals surface area contributed by atoms with Gasteiger partial charge in [-0.3, -0.25) is 19.3 Å². The topological polar surface area (TPSA) is 147 Å². The van der Waals surface area contributed by atoms with Gasteiger partial charge in [0.15, 0.2) is 0 Å². The molecule has 1 aromatic carbocycles. The highest BCUT2D eigenvalue weighted by atomic mass is 16.4. The Labute approximate surface area is 204 Å². The van der Waals surface area contributed by atoms with Gasteiger partial charge in [0.1, 0.15) is 17.2 Å². The maximum absolute atomic E-state index is 12.4. The number of aryl methyl sites for hydroxylation is 1. The summed E-state index contributed by atoms with van der Waals surface area (Å²) in [7, 11) is 1.72. The number of carbonyl (C=O) groups is 4. The van der Waals surface area contributed by atoms with Crippen molar-refractivity contribution in [3.05, 3.63) is 40.6 Å². The van der Waals surface area contributed by atoms with E-state index in [-0.39, 0.29) is 60.5 Å². The summed E-state index contributed by atoms with van der Waals surface area (Å²) in [6.45, 7) is 5.72. The number of rotatable bonds is 11. The molecule has 2 amide bonds. The van der Waals surface area contributed by atoms with E-state index in [9.17, 15) is 34.5 Å². The Hall–Kier alpha value is -3.24. The number of ketones is 1. The van der Waals surface area contributed by atoms with Crippen LogP contribution in [0, 0.1) is 18.8 Å². The first kappa shape index (κ1) is 26.4. The lowest BCUT2D eigenvalue weighted by molar-refractivity contribution is -0.163. The van der Waals surface area contributed by atoms with Gasteiger partial charge in [-0.1, -0.05) is 6.92 Å². The monoisotopic (exact) mass is 487 g/mol. The molecular formula is C25H33N3O7. The van der Waals surface area contributed by atoms with Crippen LogP contribution in [0.15, 0.2) is 29.5 Å². The van der Waals surface area contributed by atoms with Crippen LogP contribution in [-0.2, 0) is 14.4 Å². The largest absolute Gasteiger partial charge is 0.508 e. The van der Waals surface area contributed by atoms with Gasteiger partial charge in [0.05, 0.1) is 24.6 Å². The van der Waals surface area contributed by atoms with Crippen LogP contribution in [0.1, 0.15) is 42.6 Å². The van der Waals surface area contributed by atoms with Crippen LogP contribution in [0.2, 0.25) is 0 Å². The number of carbonyl (C=O) groups excluding carboxylic acids is 3. The lowest BCUT2D eigenvalue weighted by Crippen LogP contribution is -2.63. The van der Waals surface area contributed by atoms with E-state index in [1.54, 1.807) is 24.9 Å². The van der Waals surface area contributed by atoms with Crippen molar-refractivity contribution >= 4 is 23.6 Å². The molecule has 0 aliphatic carbocycles. The number of aliphatic hydroxyl groups is 1. The van der Waals surface area contributed by atoms with Crippen LogP contribution in [0.3, 0.4) is 0 Å². The highest BCUT2D eigenvalue weighted by Gasteiger charge is 2.59. The number of phenolic OH excluding ortho intramolecular Hbond substituents is 1. The Balaban J connectivity index is 1.49. The fraction of sp³-hybridized carbons (Fsp3) is 0.520. The number of Topliss-reactive ketones (excluding diaryl/α,β-unsaturated/α-hetero) is 1. The first-order chi connectivity index (χ1) is 16.4. The third kappa shape index (κ3) is 5.38. The molecule has 2 aliphatic heterocycles. The second kappa shape index (κ2) is 10.6. The molecule has 0 bridgehead atoms. The average molecular weight is 488 g/mol. The van der Waals surface area contributed by atoms with Gasteiger partial charge in [0.25, 0.3) is 5.91 Å². The number of hydrogen-bond acceptors (Lipinski definition) is 7. The average Bonchev–Trinajstić information content (AvgIpc) is 3.01. The van der Waals surface area contributed by atoms with E-state index in [0.29, 0.717) is 29.7 Å². The Morgan fingerprint density at radius 2 is 1.94 bits per heavy atom. The molecule has 0 radical (unpaired) electrons. The van der Waals surface area contributed by atoms with Gasteiger partial charge < -0.3 is 25.5 Å². The Kier molecular flexibility index (Phi) is 7.97. The highest BCUT2D eigenvalue weighted by molar-refractivity contribution is 6.00. The summed E-state index contributed by atoms with van der Waals surface area (Å²) in [6.07, 6.45) is -0.162. The minimum Gasteiger partial charge on any atom is -0.508 e. The van der Waals surface area contributed by atoms with Crippen molar-refractivity contribution in [1.29, 1.82) is 0 Å². The minimum absolute atomic E-state index is 0.0455. The second-order valence-electron chi connectivity index (χ2n) is 9.50. The molecule has 2 aliphatic rings. The number of aliphatic hydroxyl groups excluding tert-OH is 1. The molecule has 1 saturated heterocycles. The molecule has 4 N–H and O–H groups in total. The van der Waals surface area contributed by atoms with E-state index in [2.05, 4.69) is 5.32 Å². The van der Waals surface area contributed by atoms with E-state index in [1.807, 2.05) is 6.92 Å². The number of carboxylic acids is 1. The number of amides is 2. The molecule has 0 spiro atoms. The summed E-state index contributed by atoms with van der Waals surface area (Å²) in [5.41, 5.74) is 1.56. The zero-order valence-corrected chi connectivity index (χ0v) is 20.4. The second-order valence-corrected chi connectivity index (χ2v) is 9.50. The van der Waals surface area contributed by atoms with Gasteiger partial charge in [-0.25, -0.2) is 4.79 Å². The highest BCUT2D eigenvalue weighted by Crippen LogP contribution is 2.47. The standard InChI is InChI=1S/C25H33N3O7/c1-13-10-16(7-8-19(13)31)23(32)26-9-5-6-17(30)11-27(4)12-18-14(2)21-20(15(3)29)24(33)28(21)22(18)25(34)35/h7-8,10,14-15,20-21,29,31H,5-6,9,11-12H2,1-4H3,(H,26,32)(H,34,35)/t14-,15+,20+,21+/m0/s1. The van der Waals surface area contributed by atoms with Crippen molar-refractivity contribution in [3.8, 4) is 5.75 Å². The predicted molar refractivity (Wildman–Crippen MR) is 127 cm³/mol. The fourth-order valence-corrected chi connectivity index (χ4v) is 4.97. The molecule has 10 nitrogen and oxygen atoms in total. The summed E-state index contributed by atoms with van der Waals surface area (Å²) < 4.78 is 0. The molecule has 2 heterocycles. The molecule has 0 unspecified atom stereocenters. The lowest BCUT2D eigenvalue weighted by Gasteiger charge is -2.46. The molecule has 3 rings (SSSR count).